The van der Waals surface area contributed by atoms with Crippen molar-refractivity contribution in [2.45, 2.75) is 70.4 Å². The highest BCUT2D eigenvalue weighted by Crippen LogP contribution is 2.26. The summed E-state index contributed by atoms with van der Waals surface area (Å²) in [4.78, 5) is 12.1. The lowest BCUT2D eigenvalue weighted by molar-refractivity contribution is -0.127. The van der Waals surface area contributed by atoms with E-state index in [4.69, 9.17) is 5.73 Å². The molecular formula is C14H26N2O. The van der Waals surface area contributed by atoms with Crippen molar-refractivity contribution in [2.24, 2.45) is 17.6 Å². The molecule has 2 fully saturated rings. The number of carbonyl (C=O) groups excluding carboxylic acids is 1. The zero-order valence-corrected chi connectivity index (χ0v) is 11.0. The van der Waals surface area contributed by atoms with Crippen LogP contribution in [0.15, 0.2) is 0 Å². The summed E-state index contributed by atoms with van der Waals surface area (Å²) in [5, 5.41) is 3.24. The number of carbonyl (C=O) groups is 1. The summed E-state index contributed by atoms with van der Waals surface area (Å²) in [6.07, 6.45) is 8.85. The fourth-order valence-corrected chi connectivity index (χ4v) is 3.10. The Morgan fingerprint density at radius 2 is 1.59 bits per heavy atom. The molecule has 0 saturated heterocycles. The van der Waals surface area contributed by atoms with Gasteiger partial charge in [0.25, 0.3) is 0 Å². The molecule has 3 N–H and O–H groups in total. The largest absolute Gasteiger partial charge is 0.353 e. The Morgan fingerprint density at radius 1 is 1.00 bits per heavy atom. The summed E-state index contributed by atoms with van der Waals surface area (Å²) in [6.45, 7) is 2.31. The van der Waals surface area contributed by atoms with Crippen molar-refractivity contribution in [1.29, 1.82) is 0 Å². The van der Waals surface area contributed by atoms with Gasteiger partial charge in [0.1, 0.15) is 0 Å². The SMILES string of the molecule is CC1CCC(NC(=O)C2CCC(N)CC2)CC1. The quantitative estimate of drug-likeness (QED) is 0.775. The summed E-state index contributed by atoms with van der Waals surface area (Å²) >= 11 is 0. The lowest BCUT2D eigenvalue weighted by Gasteiger charge is -2.30. The second-order valence-corrected chi connectivity index (χ2v) is 6.08. The van der Waals surface area contributed by atoms with E-state index in [9.17, 15) is 4.79 Å². The molecular weight excluding hydrogens is 212 g/mol. The summed E-state index contributed by atoms with van der Waals surface area (Å²) in [6, 6.07) is 0.767. The first kappa shape index (κ1) is 12.9. The van der Waals surface area contributed by atoms with Crippen LogP contribution < -0.4 is 11.1 Å². The molecule has 2 rings (SSSR count). The topological polar surface area (TPSA) is 55.1 Å². The van der Waals surface area contributed by atoms with Crippen LogP contribution in [0.4, 0.5) is 0 Å². The van der Waals surface area contributed by atoms with Crippen LogP contribution in [-0.4, -0.2) is 18.0 Å². The van der Waals surface area contributed by atoms with E-state index < -0.39 is 0 Å². The first-order valence-corrected chi connectivity index (χ1v) is 7.21. The van der Waals surface area contributed by atoms with Crippen molar-refractivity contribution in [2.75, 3.05) is 0 Å². The lowest BCUT2D eigenvalue weighted by atomic mass is 9.84. The van der Waals surface area contributed by atoms with Crippen molar-refractivity contribution < 1.29 is 4.79 Å². The van der Waals surface area contributed by atoms with Crippen molar-refractivity contribution in [3.63, 3.8) is 0 Å². The van der Waals surface area contributed by atoms with Gasteiger partial charge in [-0.3, -0.25) is 4.79 Å². The van der Waals surface area contributed by atoms with Crippen molar-refractivity contribution in [3.05, 3.63) is 0 Å². The smallest absolute Gasteiger partial charge is 0.223 e. The second-order valence-electron chi connectivity index (χ2n) is 6.08. The van der Waals surface area contributed by atoms with Gasteiger partial charge < -0.3 is 11.1 Å². The monoisotopic (exact) mass is 238 g/mol. The minimum absolute atomic E-state index is 0.231. The van der Waals surface area contributed by atoms with Crippen LogP contribution in [0, 0.1) is 11.8 Å². The van der Waals surface area contributed by atoms with Gasteiger partial charge in [0.15, 0.2) is 0 Å². The van der Waals surface area contributed by atoms with Crippen molar-refractivity contribution in [1.82, 2.24) is 5.32 Å². The molecule has 1 amide bonds. The molecule has 3 nitrogen and oxygen atoms in total. The molecule has 2 aliphatic rings. The maximum Gasteiger partial charge on any atom is 0.223 e. The molecule has 2 saturated carbocycles. The van der Waals surface area contributed by atoms with Gasteiger partial charge in [-0.2, -0.15) is 0 Å². The van der Waals surface area contributed by atoms with Gasteiger partial charge in [-0.15, -0.1) is 0 Å². The van der Waals surface area contributed by atoms with Gasteiger partial charge in [0.2, 0.25) is 5.91 Å². The third kappa shape index (κ3) is 3.70. The molecule has 0 aromatic heterocycles. The highest BCUT2D eigenvalue weighted by molar-refractivity contribution is 5.79. The molecule has 0 bridgehead atoms. The maximum absolute atomic E-state index is 12.1. The Bertz CT molecular complexity index is 251. The minimum atomic E-state index is 0.231. The van der Waals surface area contributed by atoms with E-state index in [2.05, 4.69) is 12.2 Å². The Morgan fingerprint density at radius 3 is 2.18 bits per heavy atom. The summed E-state index contributed by atoms with van der Waals surface area (Å²) < 4.78 is 0. The number of hydrogen-bond donors (Lipinski definition) is 2. The molecule has 0 aromatic rings. The Hall–Kier alpha value is -0.570. The molecule has 0 spiro atoms. The van der Waals surface area contributed by atoms with Gasteiger partial charge in [-0.25, -0.2) is 0 Å². The third-order valence-corrected chi connectivity index (χ3v) is 4.50. The molecule has 3 heteroatoms. The summed E-state index contributed by atoms with van der Waals surface area (Å²) in [5.74, 6) is 1.36. The van der Waals surface area contributed by atoms with Gasteiger partial charge in [-0.1, -0.05) is 6.92 Å². The van der Waals surface area contributed by atoms with Gasteiger partial charge in [0.05, 0.1) is 0 Å². The van der Waals surface area contributed by atoms with E-state index >= 15 is 0 Å². The van der Waals surface area contributed by atoms with Crippen LogP contribution in [0.3, 0.4) is 0 Å². The number of rotatable bonds is 2. The van der Waals surface area contributed by atoms with E-state index in [0.29, 0.717) is 12.1 Å². The lowest BCUT2D eigenvalue weighted by Crippen LogP contribution is -2.42. The molecule has 98 valence electrons. The van der Waals surface area contributed by atoms with Crippen molar-refractivity contribution in [3.8, 4) is 0 Å². The maximum atomic E-state index is 12.1. The molecule has 0 unspecified atom stereocenters. The summed E-state index contributed by atoms with van der Waals surface area (Å²) in [5.41, 5.74) is 5.86. The molecule has 17 heavy (non-hydrogen) atoms. The molecule has 0 aromatic carbocycles. The van der Waals surface area contributed by atoms with E-state index in [1.165, 1.54) is 25.7 Å². The van der Waals surface area contributed by atoms with Gasteiger partial charge >= 0.3 is 0 Å². The average molecular weight is 238 g/mol. The van der Waals surface area contributed by atoms with Crippen LogP contribution in [0.1, 0.15) is 58.3 Å². The molecule has 2 aliphatic carbocycles. The molecule has 0 heterocycles. The summed E-state index contributed by atoms with van der Waals surface area (Å²) in [7, 11) is 0. The van der Waals surface area contributed by atoms with Gasteiger partial charge in [0, 0.05) is 18.0 Å². The average Bonchev–Trinajstić information content (AvgIpc) is 2.33. The van der Waals surface area contributed by atoms with E-state index in [1.807, 2.05) is 0 Å². The first-order chi connectivity index (χ1) is 8.15. The van der Waals surface area contributed by atoms with E-state index in [1.54, 1.807) is 0 Å². The molecule has 0 radical (unpaired) electrons. The number of hydrogen-bond acceptors (Lipinski definition) is 2. The Labute approximate surface area is 105 Å². The minimum Gasteiger partial charge on any atom is -0.353 e. The third-order valence-electron chi connectivity index (χ3n) is 4.50. The van der Waals surface area contributed by atoms with E-state index in [0.717, 1.165) is 31.6 Å². The zero-order chi connectivity index (χ0) is 12.3. The van der Waals surface area contributed by atoms with Crippen LogP contribution in [0.25, 0.3) is 0 Å². The fourth-order valence-electron chi connectivity index (χ4n) is 3.10. The molecule has 0 aliphatic heterocycles. The highest BCUT2D eigenvalue weighted by Gasteiger charge is 2.27. The van der Waals surface area contributed by atoms with Crippen LogP contribution >= 0.6 is 0 Å². The zero-order valence-electron chi connectivity index (χ0n) is 11.0. The Balaban J connectivity index is 1.73. The fraction of sp³-hybridized carbons (Fsp3) is 0.929. The molecule has 0 atom stereocenters. The van der Waals surface area contributed by atoms with Gasteiger partial charge in [-0.05, 0) is 57.3 Å². The normalized spacial score (nSPS) is 38.7. The van der Waals surface area contributed by atoms with Crippen LogP contribution in [0.5, 0.6) is 0 Å². The Kier molecular flexibility index (Phi) is 4.43. The highest BCUT2D eigenvalue weighted by atomic mass is 16.1. The van der Waals surface area contributed by atoms with Crippen LogP contribution in [0.2, 0.25) is 0 Å². The predicted octanol–water partition coefficient (Wildman–Crippen LogP) is 2.20. The standard InChI is InChI=1S/C14H26N2O/c1-10-2-8-13(9-3-10)16-14(17)11-4-6-12(15)7-5-11/h10-13H,2-9,15H2,1H3,(H,16,17). The van der Waals surface area contributed by atoms with Crippen molar-refractivity contribution >= 4 is 5.91 Å². The number of amides is 1. The van der Waals surface area contributed by atoms with E-state index in [-0.39, 0.29) is 11.8 Å². The predicted molar refractivity (Wildman–Crippen MR) is 69.5 cm³/mol. The first-order valence-electron chi connectivity index (χ1n) is 7.21. The number of nitrogens with two attached hydrogens (primary N) is 1. The van der Waals surface area contributed by atoms with Crippen LogP contribution in [-0.2, 0) is 4.79 Å². The second kappa shape index (κ2) is 5.85. The number of nitrogens with one attached hydrogen (secondary N) is 1.